The minimum atomic E-state index is -0.174. The van der Waals surface area contributed by atoms with E-state index in [4.69, 9.17) is 0 Å². The minimum absolute atomic E-state index is 0.174. The first-order valence-corrected chi connectivity index (χ1v) is 9.93. The van der Waals surface area contributed by atoms with Gasteiger partial charge in [0, 0.05) is 47.0 Å². The number of benzene rings is 2. The number of carbonyl (C=O) groups is 1. The Morgan fingerprint density at radius 1 is 0.933 bits per heavy atom. The van der Waals surface area contributed by atoms with Crippen molar-refractivity contribution in [2.75, 3.05) is 6.54 Å². The maximum absolute atomic E-state index is 12.7. The second-order valence-corrected chi connectivity index (χ2v) is 7.19. The van der Waals surface area contributed by atoms with Gasteiger partial charge in [0.1, 0.15) is 5.69 Å². The van der Waals surface area contributed by atoms with E-state index in [2.05, 4.69) is 32.4 Å². The molecule has 2 N–H and O–H groups in total. The van der Waals surface area contributed by atoms with E-state index in [0.29, 0.717) is 12.2 Å². The molecule has 0 fully saturated rings. The summed E-state index contributed by atoms with van der Waals surface area (Å²) in [6, 6.07) is 21.8. The van der Waals surface area contributed by atoms with Gasteiger partial charge in [0.15, 0.2) is 0 Å². The normalized spacial score (nSPS) is 11.1. The Kier molecular flexibility index (Phi) is 4.69. The molecule has 0 saturated carbocycles. The molecule has 3 aromatic heterocycles. The maximum atomic E-state index is 12.7. The first-order valence-electron chi connectivity index (χ1n) is 9.93. The highest BCUT2D eigenvalue weighted by Gasteiger charge is 2.12. The first-order chi connectivity index (χ1) is 14.8. The number of para-hydroxylation sites is 1. The Hall–Kier alpha value is -3.99. The Labute approximate surface area is 173 Å². The predicted molar refractivity (Wildman–Crippen MR) is 119 cm³/mol. The van der Waals surface area contributed by atoms with E-state index < -0.39 is 0 Å². The van der Waals surface area contributed by atoms with Crippen molar-refractivity contribution < 1.29 is 4.79 Å². The largest absolute Gasteiger partial charge is 0.361 e. The third kappa shape index (κ3) is 3.42. The molecule has 1 amide bonds. The third-order valence-corrected chi connectivity index (χ3v) is 5.27. The topological polar surface area (TPSA) is 70.7 Å². The van der Waals surface area contributed by atoms with Gasteiger partial charge >= 0.3 is 0 Å². The first kappa shape index (κ1) is 18.1. The Morgan fingerprint density at radius 3 is 2.67 bits per heavy atom. The summed E-state index contributed by atoms with van der Waals surface area (Å²) < 4.78 is 0. The summed E-state index contributed by atoms with van der Waals surface area (Å²) in [5.41, 5.74) is 5.43. The van der Waals surface area contributed by atoms with Crippen molar-refractivity contribution in [2.24, 2.45) is 0 Å². The van der Waals surface area contributed by atoms with Crippen LogP contribution in [-0.4, -0.2) is 27.4 Å². The number of carbonyl (C=O) groups excluding carboxylic acids is 1. The van der Waals surface area contributed by atoms with Crippen molar-refractivity contribution >= 4 is 27.7 Å². The summed E-state index contributed by atoms with van der Waals surface area (Å²) in [6.45, 7) is 0.544. The molecule has 0 aliphatic heterocycles. The predicted octanol–water partition coefficient (Wildman–Crippen LogP) is 4.75. The molecule has 0 bridgehead atoms. The SMILES string of the molecule is O=C(NCCc1c[nH]c2ccccc12)c1ccc2cncc(-c3ccccc3)c2n1. The average Bonchev–Trinajstić information content (AvgIpc) is 3.22. The fourth-order valence-electron chi connectivity index (χ4n) is 3.74. The van der Waals surface area contributed by atoms with Gasteiger partial charge in [-0.15, -0.1) is 0 Å². The molecule has 2 aromatic carbocycles. The van der Waals surface area contributed by atoms with Crippen LogP contribution in [0.25, 0.3) is 32.9 Å². The molecule has 0 atom stereocenters. The molecule has 146 valence electrons. The summed E-state index contributed by atoms with van der Waals surface area (Å²) in [5, 5.41) is 5.09. The summed E-state index contributed by atoms with van der Waals surface area (Å²) in [7, 11) is 0. The van der Waals surface area contributed by atoms with E-state index in [-0.39, 0.29) is 5.91 Å². The molecule has 0 spiro atoms. The lowest BCUT2D eigenvalue weighted by atomic mass is 10.0. The Morgan fingerprint density at radius 2 is 1.77 bits per heavy atom. The lowest BCUT2D eigenvalue weighted by Gasteiger charge is -2.08. The minimum Gasteiger partial charge on any atom is -0.361 e. The van der Waals surface area contributed by atoms with Crippen LogP contribution in [0.4, 0.5) is 0 Å². The number of rotatable bonds is 5. The van der Waals surface area contributed by atoms with Gasteiger partial charge in [-0.05, 0) is 35.7 Å². The van der Waals surface area contributed by atoms with Gasteiger partial charge in [-0.25, -0.2) is 4.98 Å². The summed E-state index contributed by atoms with van der Waals surface area (Å²) in [6.07, 6.45) is 6.32. The third-order valence-electron chi connectivity index (χ3n) is 5.27. The van der Waals surface area contributed by atoms with Crippen LogP contribution in [0.5, 0.6) is 0 Å². The number of pyridine rings is 2. The standard InChI is InChI=1S/C25H20N4O/c30-25(27-13-12-18-15-28-22-9-5-4-8-20(18)22)23-11-10-19-14-26-16-21(24(19)29-23)17-6-2-1-3-7-17/h1-11,14-16,28H,12-13H2,(H,27,30). The molecule has 30 heavy (non-hydrogen) atoms. The number of aromatic nitrogens is 3. The molecule has 0 aliphatic rings. The summed E-state index contributed by atoms with van der Waals surface area (Å²) in [5.74, 6) is -0.174. The van der Waals surface area contributed by atoms with Crippen molar-refractivity contribution in [2.45, 2.75) is 6.42 Å². The lowest BCUT2D eigenvalue weighted by molar-refractivity contribution is 0.0949. The molecule has 5 rings (SSSR count). The molecular weight excluding hydrogens is 372 g/mol. The van der Waals surface area contributed by atoms with Crippen LogP contribution in [0.2, 0.25) is 0 Å². The van der Waals surface area contributed by atoms with Crippen LogP contribution in [0.1, 0.15) is 16.1 Å². The highest BCUT2D eigenvalue weighted by molar-refractivity contribution is 5.98. The van der Waals surface area contributed by atoms with Gasteiger partial charge in [0.2, 0.25) is 0 Å². The zero-order valence-corrected chi connectivity index (χ0v) is 16.3. The maximum Gasteiger partial charge on any atom is 0.269 e. The van der Waals surface area contributed by atoms with Crippen LogP contribution in [0.3, 0.4) is 0 Å². The van der Waals surface area contributed by atoms with Crippen LogP contribution >= 0.6 is 0 Å². The summed E-state index contributed by atoms with van der Waals surface area (Å²) in [4.78, 5) is 25.0. The Bertz CT molecular complexity index is 1340. The van der Waals surface area contributed by atoms with E-state index in [1.807, 2.05) is 54.7 Å². The lowest BCUT2D eigenvalue weighted by Crippen LogP contribution is -2.26. The second kappa shape index (κ2) is 7.79. The highest BCUT2D eigenvalue weighted by Crippen LogP contribution is 2.26. The van der Waals surface area contributed by atoms with Crippen molar-refractivity contribution in [3.8, 4) is 11.1 Å². The fourth-order valence-corrected chi connectivity index (χ4v) is 3.74. The van der Waals surface area contributed by atoms with Crippen molar-refractivity contribution in [3.05, 3.63) is 96.6 Å². The van der Waals surface area contributed by atoms with Gasteiger partial charge in [-0.1, -0.05) is 48.5 Å². The van der Waals surface area contributed by atoms with E-state index in [0.717, 1.165) is 34.0 Å². The summed E-state index contributed by atoms with van der Waals surface area (Å²) >= 11 is 0. The molecule has 0 aliphatic carbocycles. The molecular formula is C25H20N4O. The van der Waals surface area contributed by atoms with Gasteiger partial charge in [-0.3, -0.25) is 9.78 Å². The van der Waals surface area contributed by atoms with Gasteiger partial charge in [0.25, 0.3) is 5.91 Å². The van der Waals surface area contributed by atoms with Crippen molar-refractivity contribution in [1.29, 1.82) is 0 Å². The van der Waals surface area contributed by atoms with Crippen LogP contribution in [0.15, 0.2) is 85.3 Å². The van der Waals surface area contributed by atoms with Crippen molar-refractivity contribution in [3.63, 3.8) is 0 Å². The smallest absolute Gasteiger partial charge is 0.269 e. The van der Waals surface area contributed by atoms with Crippen LogP contribution < -0.4 is 5.32 Å². The number of nitrogens with zero attached hydrogens (tertiary/aromatic N) is 2. The highest BCUT2D eigenvalue weighted by atomic mass is 16.1. The zero-order valence-electron chi connectivity index (χ0n) is 16.3. The number of nitrogens with one attached hydrogen (secondary N) is 2. The Balaban J connectivity index is 1.36. The van der Waals surface area contributed by atoms with Gasteiger partial charge in [0.05, 0.1) is 5.52 Å². The number of amides is 1. The second-order valence-electron chi connectivity index (χ2n) is 7.19. The number of hydrogen-bond acceptors (Lipinski definition) is 3. The molecule has 0 radical (unpaired) electrons. The monoisotopic (exact) mass is 392 g/mol. The number of fused-ring (bicyclic) bond motifs is 2. The van der Waals surface area contributed by atoms with Crippen molar-refractivity contribution in [1.82, 2.24) is 20.3 Å². The molecule has 5 nitrogen and oxygen atoms in total. The number of hydrogen-bond donors (Lipinski definition) is 2. The number of H-pyrrole nitrogens is 1. The van der Waals surface area contributed by atoms with Crippen LogP contribution in [0, 0.1) is 0 Å². The molecule has 5 heteroatoms. The fraction of sp³-hybridized carbons (Fsp3) is 0.0800. The molecule has 3 heterocycles. The van der Waals surface area contributed by atoms with E-state index in [1.54, 1.807) is 18.5 Å². The molecule has 0 saturated heterocycles. The molecule has 0 unspecified atom stereocenters. The number of aromatic amines is 1. The van der Waals surface area contributed by atoms with Gasteiger partial charge in [-0.2, -0.15) is 0 Å². The van der Waals surface area contributed by atoms with E-state index in [9.17, 15) is 4.79 Å². The van der Waals surface area contributed by atoms with Crippen LogP contribution in [-0.2, 0) is 6.42 Å². The quantitative estimate of drug-likeness (QED) is 0.453. The van der Waals surface area contributed by atoms with Gasteiger partial charge < -0.3 is 10.3 Å². The zero-order chi connectivity index (χ0) is 20.3. The average molecular weight is 392 g/mol. The van der Waals surface area contributed by atoms with E-state index >= 15 is 0 Å². The van der Waals surface area contributed by atoms with E-state index in [1.165, 1.54) is 10.9 Å². The molecule has 5 aromatic rings.